The summed E-state index contributed by atoms with van der Waals surface area (Å²) in [5.74, 6) is 0.0260. The quantitative estimate of drug-likeness (QED) is 0.632. The Hall–Kier alpha value is -3.10. The van der Waals surface area contributed by atoms with E-state index in [2.05, 4.69) is 15.2 Å². The minimum atomic E-state index is -0.604. The lowest BCUT2D eigenvalue weighted by Crippen LogP contribution is -2.55. The number of pyridine rings is 1. The highest BCUT2D eigenvalue weighted by Crippen LogP contribution is 2.47. The molecule has 7 nitrogen and oxygen atoms in total. The molecule has 1 saturated carbocycles. The van der Waals surface area contributed by atoms with Crippen molar-refractivity contribution in [2.24, 2.45) is 5.73 Å². The third-order valence-electron chi connectivity index (χ3n) is 6.15. The first kappa shape index (κ1) is 18.9. The molecule has 0 atom stereocenters. The first-order valence-electron chi connectivity index (χ1n) is 9.99. The Morgan fingerprint density at radius 1 is 1.20 bits per heavy atom. The zero-order valence-electron chi connectivity index (χ0n) is 16.6. The average molecular weight is 419 g/mol. The topological polar surface area (TPSA) is 91.1 Å². The highest BCUT2D eigenvalue weighted by molar-refractivity contribution is 7.81. The number of thiocarbonyl (C=S) groups is 1. The van der Waals surface area contributed by atoms with E-state index in [0.29, 0.717) is 17.3 Å². The number of aromatic amines is 1. The summed E-state index contributed by atoms with van der Waals surface area (Å²) in [6.07, 6.45) is 6.01. The molecule has 8 heteroatoms. The third kappa shape index (κ3) is 2.68. The molecule has 3 aromatic rings. The van der Waals surface area contributed by atoms with Gasteiger partial charge in [0.1, 0.15) is 5.54 Å². The number of nitrogens with one attached hydrogen (secondary N) is 1. The molecule has 2 aromatic heterocycles. The molecule has 1 aromatic carbocycles. The predicted molar refractivity (Wildman–Crippen MR) is 120 cm³/mol. The summed E-state index contributed by atoms with van der Waals surface area (Å²) in [6, 6.07) is 11.9. The number of aryl methyl sites for hydroxylation is 1. The van der Waals surface area contributed by atoms with Crippen molar-refractivity contribution >= 4 is 34.6 Å². The lowest BCUT2D eigenvalue weighted by molar-refractivity contribution is -0.123. The lowest BCUT2D eigenvalue weighted by atomic mass is 9.75. The van der Waals surface area contributed by atoms with Crippen LogP contribution in [0.3, 0.4) is 0 Å². The Morgan fingerprint density at radius 2 is 1.97 bits per heavy atom. The fourth-order valence-corrected chi connectivity index (χ4v) is 4.81. The molecule has 5 rings (SSSR count). The van der Waals surface area contributed by atoms with Gasteiger partial charge in [0, 0.05) is 18.4 Å². The van der Waals surface area contributed by atoms with Crippen molar-refractivity contribution < 1.29 is 4.79 Å². The van der Waals surface area contributed by atoms with Crippen molar-refractivity contribution in [3.8, 4) is 11.3 Å². The molecular weight excluding hydrogens is 396 g/mol. The Labute approximate surface area is 179 Å². The molecule has 1 aliphatic carbocycles. The monoisotopic (exact) mass is 418 g/mol. The maximum absolute atomic E-state index is 13.6. The zero-order chi connectivity index (χ0) is 20.9. The van der Waals surface area contributed by atoms with Crippen molar-refractivity contribution in [3.63, 3.8) is 0 Å². The number of carbonyl (C=O) groups is 1. The van der Waals surface area contributed by atoms with E-state index >= 15 is 0 Å². The van der Waals surface area contributed by atoms with E-state index < -0.39 is 5.54 Å². The Morgan fingerprint density at radius 3 is 2.53 bits per heavy atom. The average Bonchev–Trinajstić information content (AvgIpc) is 3.33. The van der Waals surface area contributed by atoms with Gasteiger partial charge in [-0.2, -0.15) is 5.10 Å². The van der Waals surface area contributed by atoms with Crippen molar-refractivity contribution in [3.05, 3.63) is 60.0 Å². The van der Waals surface area contributed by atoms with Crippen LogP contribution in [0.15, 0.2) is 48.8 Å². The second kappa shape index (κ2) is 7.00. The van der Waals surface area contributed by atoms with Crippen LogP contribution in [0.5, 0.6) is 0 Å². The van der Waals surface area contributed by atoms with Crippen LogP contribution in [-0.4, -0.2) is 31.7 Å². The van der Waals surface area contributed by atoms with Crippen LogP contribution in [0.4, 0.5) is 11.4 Å². The maximum Gasteiger partial charge on any atom is 0.259 e. The molecule has 152 valence electrons. The highest BCUT2D eigenvalue weighted by Gasteiger charge is 2.59. The number of nitrogens with two attached hydrogens (primary N) is 1. The van der Waals surface area contributed by atoms with Crippen molar-refractivity contribution in [1.82, 2.24) is 15.2 Å². The van der Waals surface area contributed by atoms with Gasteiger partial charge in [0.2, 0.25) is 0 Å². The molecule has 2 fully saturated rings. The first-order chi connectivity index (χ1) is 14.5. The molecule has 3 N–H and O–H groups in total. The van der Waals surface area contributed by atoms with E-state index in [4.69, 9.17) is 18.0 Å². The molecular formula is C22H22N6OS. The Balaban J connectivity index is 1.53. The number of hydrogen-bond donors (Lipinski definition) is 2. The van der Waals surface area contributed by atoms with Crippen molar-refractivity contribution in [2.45, 2.75) is 38.3 Å². The summed E-state index contributed by atoms with van der Waals surface area (Å²) in [7, 11) is 0. The number of anilines is 2. The summed E-state index contributed by atoms with van der Waals surface area (Å²) in [5, 5.41) is 7.48. The largest absolute Gasteiger partial charge is 0.325 e. The van der Waals surface area contributed by atoms with Gasteiger partial charge in [-0.25, -0.2) is 0 Å². The molecule has 1 spiro atoms. The van der Waals surface area contributed by atoms with Crippen LogP contribution in [-0.2, 0) is 11.3 Å². The second-order valence-corrected chi connectivity index (χ2v) is 8.19. The summed E-state index contributed by atoms with van der Waals surface area (Å²) < 4.78 is 0. The van der Waals surface area contributed by atoms with Gasteiger partial charge in [-0.1, -0.05) is 12.1 Å². The fourth-order valence-electron chi connectivity index (χ4n) is 4.34. The number of H-pyrrole nitrogens is 1. The van der Waals surface area contributed by atoms with E-state index in [1.807, 2.05) is 48.2 Å². The molecule has 0 unspecified atom stereocenters. The first-order valence-corrected chi connectivity index (χ1v) is 10.4. The summed E-state index contributed by atoms with van der Waals surface area (Å²) >= 11 is 5.83. The number of benzene rings is 1. The highest BCUT2D eigenvalue weighted by atomic mass is 32.1. The molecule has 3 heterocycles. The number of carbonyl (C=O) groups excluding carboxylic acids is 1. The second-order valence-electron chi connectivity index (χ2n) is 7.82. The molecule has 1 amide bonds. The van der Waals surface area contributed by atoms with Crippen molar-refractivity contribution in [2.75, 3.05) is 9.80 Å². The van der Waals surface area contributed by atoms with Gasteiger partial charge in [-0.15, -0.1) is 0 Å². The molecule has 1 aliphatic heterocycles. The normalized spacial score (nSPS) is 17.7. The molecule has 30 heavy (non-hydrogen) atoms. The predicted octanol–water partition coefficient (Wildman–Crippen LogP) is 3.30. The van der Waals surface area contributed by atoms with E-state index in [9.17, 15) is 4.79 Å². The van der Waals surface area contributed by atoms with Gasteiger partial charge in [0.15, 0.2) is 5.11 Å². The Bertz CT molecular complexity index is 1120. The van der Waals surface area contributed by atoms with Crippen molar-refractivity contribution in [1.29, 1.82) is 0 Å². The third-order valence-corrected chi connectivity index (χ3v) is 6.52. The molecule has 0 bridgehead atoms. The minimum Gasteiger partial charge on any atom is -0.325 e. The van der Waals surface area contributed by atoms with Gasteiger partial charge < -0.3 is 10.6 Å². The standard InChI is InChI=1S/C22H22N6OS/c1-14-11-17(13-24-19(14)12-23)27-20(29)22(8-2-9-22)28(21(27)30)16-5-3-15(4-6-16)18-7-10-25-26-18/h3-7,10-11,13H,2,8-9,12,23H2,1H3,(H,25,26). The van der Waals surface area contributed by atoms with Crippen LogP contribution >= 0.6 is 12.2 Å². The van der Waals surface area contributed by atoms with Crippen LogP contribution in [0.1, 0.15) is 30.5 Å². The Kier molecular flexibility index (Phi) is 4.41. The lowest BCUT2D eigenvalue weighted by Gasteiger charge is -2.43. The zero-order valence-corrected chi connectivity index (χ0v) is 17.4. The summed E-state index contributed by atoms with van der Waals surface area (Å²) in [6.45, 7) is 2.32. The number of nitrogens with zero attached hydrogens (tertiary/aromatic N) is 4. The van der Waals surface area contributed by atoms with E-state index in [1.54, 1.807) is 17.3 Å². The van der Waals surface area contributed by atoms with Crippen LogP contribution < -0.4 is 15.5 Å². The van der Waals surface area contributed by atoms with Gasteiger partial charge in [0.25, 0.3) is 5.91 Å². The fraction of sp³-hybridized carbons (Fsp3) is 0.273. The minimum absolute atomic E-state index is 0.0260. The van der Waals surface area contributed by atoms with Crippen LogP contribution in [0.25, 0.3) is 11.3 Å². The number of hydrogen-bond acceptors (Lipinski definition) is 5. The number of amides is 1. The van der Waals surface area contributed by atoms with Crippen LogP contribution in [0.2, 0.25) is 0 Å². The van der Waals surface area contributed by atoms with E-state index in [1.165, 1.54) is 0 Å². The van der Waals surface area contributed by atoms with E-state index in [0.717, 1.165) is 47.5 Å². The SMILES string of the molecule is Cc1cc(N2C(=O)C3(CCC3)N(c3ccc(-c4ccn[nH]4)cc3)C2=S)cnc1CN. The van der Waals surface area contributed by atoms with Gasteiger partial charge in [-0.3, -0.25) is 19.8 Å². The number of aromatic nitrogens is 3. The summed E-state index contributed by atoms with van der Waals surface area (Å²) in [5.41, 5.74) is 10.5. The summed E-state index contributed by atoms with van der Waals surface area (Å²) in [4.78, 5) is 21.6. The molecule has 1 saturated heterocycles. The molecule has 2 aliphatic rings. The maximum atomic E-state index is 13.6. The van der Waals surface area contributed by atoms with Gasteiger partial charge in [0.05, 0.1) is 23.3 Å². The van der Waals surface area contributed by atoms with Crippen LogP contribution in [0, 0.1) is 6.92 Å². The van der Waals surface area contributed by atoms with Gasteiger partial charge >= 0.3 is 0 Å². The number of rotatable bonds is 4. The molecule has 0 radical (unpaired) electrons. The smallest absolute Gasteiger partial charge is 0.259 e. The van der Waals surface area contributed by atoms with Gasteiger partial charge in [-0.05, 0) is 73.8 Å². The van der Waals surface area contributed by atoms with E-state index in [-0.39, 0.29) is 5.91 Å².